The van der Waals surface area contributed by atoms with Gasteiger partial charge in [0.2, 0.25) is 11.0 Å². The molecule has 1 amide bonds. The molecule has 0 atom stereocenters. The van der Waals surface area contributed by atoms with Crippen LogP contribution in [0.15, 0.2) is 52.9 Å². The Balaban J connectivity index is 1.59. The number of nitrogens with zero attached hydrogens (tertiary/aromatic N) is 2. The number of anilines is 1. The van der Waals surface area contributed by atoms with E-state index in [1.807, 2.05) is 12.1 Å². The molecule has 0 saturated heterocycles. The van der Waals surface area contributed by atoms with Crippen molar-refractivity contribution < 1.29 is 18.7 Å². The van der Waals surface area contributed by atoms with E-state index in [9.17, 15) is 9.18 Å². The first-order valence-corrected chi connectivity index (χ1v) is 10.3. The lowest BCUT2D eigenvalue weighted by Crippen LogP contribution is -2.07. The minimum absolute atomic E-state index is 0.254. The monoisotopic (exact) mass is 431 g/mol. The summed E-state index contributed by atoms with van der Waals surface area (Å²) in [6.07, 6.45) is 3.01. The lowest BCUT2D eigenvalue weighted by atomic mass is 10.1. The van der Waals surface area contributed by atoms with Gasteiger partial charge in [0.05, 0.1) is 14.2 Å². The fraction of sp³-hybridized carbons (Fsp3) is 0.150. The number of halogens is 1. The molecule has 0 bridgehead atoms. The molecule has 150 valence electrons. The van der Waals surface area contributed by atoms with Crippen molar-refractivity contribution in [3.63, 3.8) is 0 Å². The smallest absolute Gasteiger partial charge is 0.250 e. The number of carbonyl (C=O) groups is 1. The minimum Gasteiger partial charge on any atom is -0.493 e. The number of amides is 1. The van der Waals surface area contributed by atoms with Gasteiger partial charge in [-0.2, -0.15) is 0 Å². The molecule has 1 heterocycles. The van der Waals surface area contributed by atoms with Crippen molar-refractivity contribution in [1.82, 2.24) is 10.2 Å². The summed E-state index contributed by atoms with van der Waals surface area (Å²) in [5.41, 5.74) is 1.30. The van der Waals surface area contributed by atoms with Gasteiger partial charge in [-0.25, -0.2) is 4.39 Å². The lowest BCUT2D eigenvalue weighted by Gasteiger charge is -2.09. The largest absolute Gasteiger partial charge is 0.493 e. The van der Waals surface area contributed by atoms with E-state index in [4.69, 9.17) is 9.47 Å². The van der Waals surface area contributed by atoms with Crippen molar-refractivity contribution in [3.8, 4) is 11.5 Å². The summed E-state index contributed by atoms with van der Waals surface area (Å²) >= 11 is 2.59. The highest BCUT2D eigenvalue weighted by atomic mass is 32.2. The molecule has 0 aliphatic carbocycles. The van der Waals surface area contributed by atoms with Crippen LogP contribution >= 0.6 is 23.1 Å². The van der Waals surface area contributed by atoms with E-state index in [1.54, 1.807) is 37.5 Å². The summed E-state index contributed by atoms with van der Waals surface area (Å²) in [4.78, 5) is 12.2. The number of thioether (sulfide) groups is 1. The molecule has 3 aromatic rings. The number of methoxy groups -OCH3 is 2. The second-order valence-electron chi connectivity index (χ2n) is 5.66. The Bertz CT molecular complexity index is 1020. The molecule has 0 fully saturated rings. The fourth-order valence-corrected chi connectivity index (χ4v) is 4.17. The van der Waals surface area contributed by atoms with Crippen LogP contribution in [-0.2, 0) is 10.5 Å². The standard InChI is InChI=1S/C20H18FN3O3S2/c1-26-16-9-5-7-13(18(16)27-2)10-11-17(25)22-19-23-24-20(29-19)28-12-14-6-3-4-8-15(14)21/h3-11H,12H2,1-2H3,(H,22,23,25)/b11-10+. The Labute approximate surface area is 175 Å². The van der Waals surface area contributed by atoms with Crippen molar-refractivity contribution >= 4 is 40.2 Å². The summed E-state index contributed by atoms with van der Waals surface area (Å²) in [5, 5.41) is 11.0. The quantitative estimate of drug-likeness (QED) is 0.318. The summed E-state index contributed by atoms with van der Waals surface area (Å²) in [5.74, 6) is 0.954. The van der Waals surface area contributed by atoms with Gasteiger partial charge < -0.3 is 9.47 Å². The number of nitrogens with one attached hydrogen (secondary N) is 1. The third-order valence-corrected chi connectivity index (χ3v) is 5.81. The third-order valence-electron chi connectivity index (χ3n) is 3.79. The van der Waals surface area contributed by atoms with E-state index < -0.39 is 0 Å². The highest BCUT2D eigenvalue weighted by Crippen LogP contribution is 2.32. The van der Waals surface area contributed by atoms with E-state index in [-0.39, 0.29) is 11.7 Å². The number of para-hydroxylation sites is 1. The van der Waals surface area contributed by atoms with Gasteiger partial charge in [-0.1, -0.05) is 53.4 Å². The molecular formula is C20H18FN3O3S2. The van der Waals surface area contributed by atoms with Crippen LogP contribution in [0.4, 0.5) is 9.52 Å². The molecule has 0 aliphatic heterocycles. The van der Waals surface area contributed by atoms with Crippen LogP contribution in [0.5, 0.6) is 11.5 Å². The summed E-state index contributed by atoms with van der Waals surface area (Å²) in [6.45, 7) is 0. The van der Waals surface area contributed by atoms with Gasteiger partial charge in [0.15, 0.2) is 15.8 Å². The second-order valence-corrected chi connectivity index (χ2v) is 7.86. The molecular weight excluding hydrogens is 413 g/mol. The molecule has 1 aromatic heterocycles. The van der Waals surface area contributed by atoms with Gasteiger partial charge in [0.1, 0.15) is 5.82 Å². The SMILES string of the molecule is COc1cccc(/C=C/C(=O)Nc2nnc(SCc3ccccc3F)s2)c1OC. The average molecular weight is 432 g/mol. The Kier molecular flexibility index (Phi) is 7.20. The van der Waals surface area contributed by atoms with Crippen molar-refractivity contribution in [2.24, 2.45) is 0 Å². The Morgan fingerprint density at radius 1 is 1.17 bits per heavy atom. The Hall–Kier alpha value is -2.91. The van der Waals surface area contributed by atoms with Crippen LogP contribution < -0.4 is 14.8 Å². The van der Waals surface area contributed by atoms with E-state index >= 15 is 0 Å². The topological polar surface area (TPSA) is 73.3 Å². The van der Waals surface area contributed by atoms with Crippen LogP contribution in [-0.4, -0.2) is 30.3 Å². The second kappa shape index (κ2) is 10.0. The molecule has 0 saturated carbocycles. The zero-order valence-corrected chi connectivity index (χ0v) is 17.3. The number of hydrogen-bond acceptors (Lipinski definition) is 7. The van der Waals surface area contributed by atoms with Crippen LogP contribution in [0.2, 0.25) is 0 Å². The number of aromatic nitrogens is 2. The van der Waals surface area contributed by atoms with Crippen LogP contribution in [0.1, 0.15) is 11.1 Å². The average Bonchev–Trinajstić information content (AvgIpc) is 3.18. The van der Waals surface area contributed by atoms with Gasteiger partial charge in [-0.05, 0) is 23.8 Å². The zero-order chi connectivity index (χ0) is 20.6. The first-order chi connectivity index (χ1) is 14.1. The maximum Gasteiger partial charge on any atom is 0.250 e. The molecule has 2 aromatic carbocycles. The highest BCUT2D eigenvalue weighted by Gasteiger charge is 2.10. The van der Waals surface area contributed by atoms with E-state index in [1.165, 1.54) is 42.4 Å². The van der Waals surface area contributed by atoms with Crippen molar-refractivity contribution in [2.45, 2.75) is 10.1 Å². The lowest BCUT2D eigenvalue weighted by molar-refractivity contribution is -0.111. The van der Waals surface area contributed by atoms with Crippen LogP contribution in [0, 0.1) is 5.82 Å². The number of carbonyl (C=O) groups excluding carboxylic acids is 1. The summed E-state index contributed by atoms with van der Waals surface area (Å²) in [7, 11) is 3.09. The first kappa shape index (κ1) is 20.8. The number of hydrogen-bond donors (Lipinski definition) is 1. The summed E-state index contributed by atoms with van der Waals surface area (Å²) in [6, 6.07) is 12.0. The number of benzene rings is 2. The maximum atomic E-state index is 13.7. The number of ether oxygens (including phenoxy) is 2. The van der Waals surface area contributed by atoms with Crippen molar-refractivity contribution in [2.75, 3.05) is 19.5 Å². The van der Waals surface area contributed by atoms with Gasteiger partial charge in [-0.15, -0.1) is 10.2 Å². The molecule has 29 heavy (non-hydrogen) atoms. The molecule has 0 radical (unpaired) electrons. The van der Waals surface area contributed by atoms with Gasteiger partial charge in [0, 0.05) is 17.4 Å². The molecule has 1 N–H and O–H groups in total. The fourth-order valence-electron chi connectivity index (χ4n) is 2.43. The van der Waals surface area contributed by atoms with Crippen LogP contribution in [0.25, 0.3) is 6.08 Å². The van der Waals surface area contributed by atoms with E-state index in [0.717, 1.165) is 0 Å². The first-order valence-electron chi connectivity index (χ1n) is 8.50. The van der Waals surface area contributed by atoms with Crippen molar-refractivity contribution in [1.29, 1.82) is 0 Å². The van der Waals surface area contributed by atoms with Crippen molar-refractivity contribution in [3.05, 3.63) is 65.5 Å². The Morgan fingerprint density at radius 3 is 2.76 bits per heavy atom. The maximum absolute atomic E-state index is 13.7. The molecule has 0 aliphatic rings. The summed E-state index contributed by atoms with van der Waals surface area (Å²) < 4.78 is 24.9. The minimum atomic E-state index is -0.350. The van der Waals surface area contributed by atoms with Crippen LogP contribution in [0.3, 0.4) is 0 Å². The zero-order valence-electron chi connectivity index (χ0n) is 15.7. The Morgan fingerprint density at radius 2 is 2.00 bits per heavy atom. The third kappa shape index (κ3) is 5.55. The van der Waals surface area contributed by atoms with Gasteiger partial charge >= 0.3 is 0 Å². The van der Waals surface area contributed by atoms with E-state index in [0.29, 0.717) is 37.8 Å². The molecule has 6 nitrogen and oxygen atoms in total. The van der Waals surface area contributed by atoms with Gasteiger partial charge in [-0.3, -0.25) is 10.1 Å². The molecule has 3 rings (SSSR count). The molecule has 0 spiro atoms. The van der Waals surface area contributed by atoms with Gasteiger partial charge in [0.25, 0.3) is 0 Å². The molecule has 0 unspecified atom stereocenters. The number of rotatable bonds is 8. The predicted octanol–water partition coefficient (Wildman–Crippen LogP) is 4.64. The highest BCUT2D eigenvalue weighted by molar-refractivity contribution is 8.00. The molecule has 9 heteroatoms. The normalized spacial score (nSPS) is 10.9. The predicted molar refractivity (Wildman–Crippen MR) is 113 cm³/mol. The van der Waals surface area contributed by atoms with E-state index in [2.05, 4.69) is 15.5 Å².